The van der Waals surface area contributed by atoms with Crippen LogP contribution in [0.4, 0.5) is 5.69 Å². The number of rotatable bonds is 4. The molecule has 1 N–H and O–H groups in total. The standard InChI is InChI=1S/C8H10N4O5/c1-10(2)6(13)4-11-3-5(12(16)17)7(9-11)8(14)15/h3H,4H2,1-2H3,(H,14,15). The molecule has 1 amide bonds. The van der Waals surface area contributed by atoms with Crippen LogP contribution in [0, 0.1) is 10.1 Å². The predicted molar refractivity (Wildman–Crippen MR) is 54.5 cm³/mol. The quantitative estimate of drug-likeness (QED) is 0.565. The zero-order chi connectivity index (χ0) is 13.2. The number of amides is 1. The number of carbonyl (C=O) groups is 2. The third-order valence-corrected chi connectivity index (χ3v) is 1.94. The summed E-state index contributed by atoms with van der Waals surface area (Å²) in [6, 6.07) is 0. The monoisotopic (exact) mass is 242 g/mol. The molecule has 0 aliphatic rings. The lowest BCUT2D eigenvalue weighted by Gasteiger charge is -2.09. The number of carboxylic acids is 1. The molecule has 0 saturated carbocycles. The van der Waals surface area contributed by atoms with Crippen molar-refractivity contribution in [1.82, 2.24) is 14.7 Å². The van der Waals surface area contributed by atoms with Crippen molar-refractivity contribution in [1.29, 1.82) is 0 Å². The Morgan fingerprint density at radius 1 is 1.59 bits per heavy atom. The molecule has 1 rings (SSSR count). The minimum atomic E-state index is -1.51. The molecular formula is C8H10N4O5. The Labute approximate surface area is 95.4 Å². The van der Waals surface area contributed by atoms with E-state index in [1.54, 1.807) is 0 Å². The molecule has 0 fully saturated rings. The van der Waals surface area contributed by atoms with Gasteiger partial charge in [0.15, 0.2) is 0 Å². The molecule has 0 bridgehead atoms. The van der Waals surface area contributed by atoms with Crippen molar-refractivity contribution in [2.45, 2.75) is 6.54 Å². The van der Waals surface area contributed by atoms with Crippen molar-refractivity contribution >= 4 is 17.6 Å². The van der Waals surface area contributed by atoms with Crippen molar-refractivity contribution < 1.29 is 19.6 Å². The number of aromatic carboxylic acids is 1. The maximum atomic E-state index is 11.3. The second-order valence-electron chi connectivity index (χ2n) is 3.41. The summed E-state index contributed by atoms with van der Waals surface area (Å²) >= 11 is 0. The molecule has 17 heavy (non-hydrogen) atoms. The summed E-state index contributed by atoms with van der Waals surface area (Å²) in [4.78, 5) is 33.0. The number of likely N-dealkylation sites (N-methyl/N-ethyl adjacent to an activating group) is 1. The maximum Gasteiger partial charge on any atom is 0.363 e. The smallest absolute Gasteiger partial charge is 0.363 e. The van der Waals surface area contributed by atoms with E-state index in [-0.39, 0.29) is 12.5 Å². The first-order chi connectivity index (χ1) is 7.82. The first kappa shape index (κ1) is 12.6. The van der Waals surface area contributed by atoms with Gasteiger partial charge in [-0.3, -0.25) is 19.6 Å². The largest absolute Gasteiger partial charge is 0.476 e. The Morgan fingerprint density at radius 3 is 2.53 bits per heavy atom. The van der Waals surface area contributed by atoms with Crippen molar-refractivity contribution in [2.75, 3.05) is 14.1 Å². The molecule has 92 valence electrons. The van der Waals surface area contributed by atoms with E-state index in [0.717, 1.165) is 10.9 Å². The Balaban J connectivity index is 3.04. The minimum Gasteiger partial charge on any atom is -0.476 e. The average Bonchev–Trinajstić information content (AvgIpc) is 2.61. The van der Waals surface area contributed by atoms with Gasteiger partial charge in [-0.05, 0) is 0 Å². The third-order valence-electron chi connectivity index (χ3n) is 1.94. The van der Waals surface area contributed by atoms with Crippen LogP contribution in [0.2, 0.25) is 0 Å². The fraction of sp³-hybridized carbons (Fsp3) is 0.375. The Bertz CT molecular complexity index is 447. The maximum absolute atomic E-state index is 11.3. The number of nitro groups is 1. The van der Waals surface area contributed by atoms with Gasteiger partial charge in [-0.25, -0.2) is 4.79 Å². The van der Waals surface area contributed by atoms with E-state index in [9.17, 15) is 19.7 Å². The highest BCUT2D eigenvalue weighted by Crippen LogP contribution is 2.16. The number of aromatic nitrogens is 2. The van der Waals surface area contributed by atoms with Crippen LogP contribution >= 0.6 is 0 Å². The summed E-state index contributed by atoms with van der Waals surface area (Å²) < 4.78 is 0.934. The lowest BCUT2D eigenvalue weighted by molar-refractivity contribution is -0.385. The Morgan fingerprint density at radius 2 is 2.18 bits per heavy atom. The molecule has 1 aromatic heterocycles. The molecule has 0 aliphatic heterocycles. The van der Waals surface area contributed by atoms with Gasteiger partial charge in [-0.2, -0.15) is 5.10 Å². The number of hydrogen-bond acceptors (Lipinski definition) is 5. The molecule has 0 aliphatic carbocycles. The summed E-state index contributed by atoms with van der Waals surface area (Å²) in [5.41, 5.74) is -1.31. The van der Waals surface area contributed by atoms with E-state index in [0.29, 0.717) is 0 Å². The van der Waals surface area contributed by atoms with Crippen LogP contribution in [0.25, 0.3) is 0 Å². The van der Waals surface area contributed by atoms with Gasteiger partial charge < -0.3 is 10.0 Å². The number of carbonyl (C=O) groups excluding carboxylic acids is 1. The first-order valence-corrected chi connectivity index (χ1v) is 4.48. The Hall–Kier alpha value is -2.45. The zero-order valence-electron chi connectivity index (χ0n) is 9.15. The second-order valence-corrected chi connectivity index (χ2v) is 3.41. The highest BCUT2D eigenvalue weighted by molar-refractivity contribution is 5.90. The first-order valence-electron chi connectivity index (χ1n) is 4.48. The minimum absolute atomic E-state index is 0.249. The summed E-state index contributed by atoms with van der Waals surface area (Å²) in [6.45, 7) is -0.249. The molecule has 0 saturated heterocycles. The second kappa shape index (κ2) is 4.60. The van der Waals surface area contributed by atoms with Crippen LogP contribution in [0.1, 0.15) is 10.5 Å². The van der Waals surface area contributed by atoms with E-state index in [4.69, 9.17) is 5.11 Å². The molecule has 0 radical (unpaired) electrons. The van der Waals surface area contributed by atoms with Gasteiger partial charge in [0.25, 0.3) is 0 Å². The molecule has 1 heterocycles. The highest BCUT2D eigenvalue weighted by atomic mass is 16.6. The normalized spacial score (nSPS) is 10.0. The van der Waals surface area contributed by atoms with E-state index in [1.165, 1.54) is 19.0 Å². The SMILES string of the molecule is CN(C)C(=O)Cn1cc([N+](=O)[O-])c(C(=O)O)n1. The van der Waals surface area contributed by atoms with E-state index in [1.807, 2.05) is 0 Å². The molecule has 0 spiro atoms. The number of carboxylic acid groups (broad SMARTS) is 1. The van der Waals surface area contributed by atoms with Crippen molar-refractivity contribution in [3.63, 3.8) is 0 Å². The van der Waals surface area contributed by atoms with Crippen LogP contribution in [-0.4, -0.2) is 50.7 Å². The third kappa shape index (κ3) is 2.77. The topological polar surface area (TPSA) is 119 Å². The fourth-order valence-corrected chi connectivity index (χ4v) is 1.06. The highest BCUT2D eigenvalue weighted by Gasteiger charge is 2.25. The van der Waals surface area contributed by atoms with Crippen LogP contribution in [0.3, 0.4) is 0 Å². The van der Waals surface area contributed by atoms with Crippen molar-refractivity contribution in [2.24, 2.45) is 0 Å². The lowest BCUT2D eigenvalue weighted by atomic mass is 10.4. The summed E-state index contributed by atoms with van der Waals surface area (Å²) in [5, 5.41) is 22.7. The zero-order valence-corrected chi connectivity index (χ0v) is 9.15. The van der Waals surface area contributed by atoms with Crippen LogP contribution in [0.15, 0.2) is 6.20 Å². The Kier molecular flexibility index (Phi) is 3.41. The van der Waals surface area contributed by atoms with Gasteiger partial charge in [0, 0.05) is 14.1 Å². The van der Waals surface area contributed by atoms with Gasteiger partial charge in [-0.15, -0.1) is 0 Å². The van der Waals surface area contributed by atoms with Gasteiger partial charge >= 0.3 is 11.7 Å². The average molecular weight is 242 g/mol. The van der Waals surface area contributed by atoms with E-state index >= 15 is 0 Å². The van der Waals surface area contributed by atoms with Crippen molar-refractivity contribution in [3.05, 3.63) is 22.0 Å². The predicted octanol–water partition coefficient (Wildman–Crippen LogP) is -0.422. The summed E-state index contributed by atoms with van der Waals surface area (Å²) in [5.74, 6) is -1.85. The van der Waals surface area contributed by atoms with Gasteiger partial charge in [0.1, 0.15) is 12.7 Å². The van der Waals surface area contributed by atoms with Crippen LogP contribution in [0.5, 0.6) is 0 Å². The molecule has 1 aromatic rings. The van der Waals surface area contributed by atoms with Gasteiger partial charge in [-0.1, -0.05) is 0 Å². The lowest BCUT2D eigenvalue weighted by Crippen LogP contribution is -2.26. The molecule has 0 unspecified atom stereocenters. The molecular weight excluding hydrogens is 232 g/mol. The number of hydrogen-bond donors (Lipinski definition) is 1. The van der Waals surface area contributed by atoms with Gasteiger partial charge in [0.2, 0.25) is 11.6 Å². The molecule has 9 heteroatoms. The molecule has 0 atom stereocenters. The summed E-state index contributed by atoms with van der Waals surface area (Å²) in [7, 11) is 3.02. The van der Waals surface area contributed by atoms with Crippen LogP contribution in [-0.2, 0) is 11.3 Å². The fourth-order valence-electron chi connectivity index (χ4n) is 1.06. The summed E-state index contributed by atoms with van der Waals surface area (Å²) in [6.07, 6.45) is 0.921. The number of nitrogens with zero attached hydrogens (tertiary/aromatic N) is 4. The van der Waals surface area contributed by atoms with Crippen LogP contribution < -0.4 is 0 Å². The van der Waals surface area contributed by atoms with Crippen molar-refractivity contribution in [3.8, 4) is 0 Å². The van der Waals surface area contributed by atoms with E-state index < -0.39 is 22.3 Å². The van der Waals surface area contributed by atoms with E-state index in [2.05, 4.69) is 5.10 Å². The molecule has 9 nitrogen and oxygen atoms in total. The van der Waals surface area contributed by atoms with Gasteiger partial charge in [0.05, 0.1) is 4.92 Å². The molecule has 0 aromatic carbocycles.